The summed E-state index contributed by atoms with van der Waals surface area (Å²) in [4.78, 5) is 22.5. The van der Waals surface area contributed by atoms with Crippen LogP contribution in [-0.2, 0) is 27.9 Å². The first-order chi connectivity index (χ1) is 26.8. The first-order valence-electron chi connectivity index (χ1n) is 21.8. The standard InChI is InChI=1S/C45H81O9P/c1-3-5-7-9-11-13-15-17-18-19-20-21-22-23-24-25-26-28-30-32-34-36-38-51-41-44(42-53-55(49,50)52-40-43(47)39-46)54-45(48)37-35-33-31-29-27-16-14-12-10-8-6-4-2/h5,7,11-14,17-18,20-21,43-44,46-47H,3-4,6,8-10,15-16,19,22-42H2,1-2H3,(H,49,50)/b7-5-,13-11-,14-12-,18-17-,21-20-. The van der Waals surface area contributed by atoms with Crippen LogP contribution < -0.4 is 0 Å². The van der Waals surface area contributed by atoms with Crippen molar-refractivity contribution in [1.82, 2.24) is 0 Å². The lowest BCUT2D eigenvalue weighted by atomic mass is 10.1. The molecule has 10 heteroatoms. The monoisotopic (exact) mass is 797 g/mol. The van der Waals surface area contributed by atoms with Gasteiger partial charge in [-0.3, -0.25) is 13.8 Å². The van der Waals surface area contributed by atoms with Gasteiger partial charge in [0.25, 0.3) is 0 Å². The number of esters is 1. The van der Waals surface area contributed by atoms with Gasteiger partial charge in [-0.2, -0.15) is 0 Å². The summed E-state index contributed by atoms with van der Waals surface area (Å²) in [6, 6.07) is 0. The fraction of sp³-hybridized carbons (Fsp3) is 0.756. The Morgan fingerprint density at radius 3 is 1.58 bits per heavy atom. The first kappa shape index (κ1) is 53.2. The normalized spacial score (nSPS) is 14.6. The number of rotatable bonds is 41. The second-order valence-corrected chi connectivity index (χ2v) is 15.8. The maximum atomic E-state index is 12.6. The van der Waals surface area contributed by atoms with Gasteiger partial charge in [0.05, 0.1) is 26.4 Å². The summed E-state index contributed by atoms with van der Waals surface area (Å²) in [6.07, 6.45) is 47.5. The zero-order chi connectivity index (χ0) is 40.3. The predicted molar refractivity (Wildman–Crippen MR) is 228 cm³/mol. The first-order valence-corrected chi connectivity index (χ1v) is 23.3. The van der Waals surface area contributed by atoms with Gasteiger partial charge in [0.1, 0.15) is 12.2 Å². The van der Waals surface area contributed by atoms with Gasteiger partial charge in [-0.25, -0.2) is 4.57 Å². The Hall–Kier alpha value is -1.84. The lowest BCUT2D eigenvalue weighted by Gasteiger charge is -2.20. The summed E-state index contributed by atoms with van der Waals surface area (Å²) < 4.78 is 33.3. The van der Waals surface area contributed by atoms with Crippen molar-refractivity contribution >= 4 is 13.8 Å². The lowest BCUT2D eigenvalue weighted by Crippen LogP contribution is -2.29. The maximum absolute atomic E-state index is 12.6. The Balaban J connectivity index is 4.13. The second-order valence-electron chi connectivity index (χ2n) is 14.3. The number of hydrogen-bond acceptors (Lipinski definition) is 8. The lowest BCUT2D eigenvalue weighted by molar-refractivity contribution is -0.154. The van der Waals surface area contributed by atoms with Gasteiger partial charge in [-0.05, 0) is 77.0 Å². The topological polar surface area (TPSA) is 132 Å². The summed E-state index contributed by atoms with van der Waals surface area (Å²) >= 11 is 0. The van der Waals surface area contributed by atoms with Crippen molar-refractivity contribution in [3.8, 4) is 0 Å². The third kappa shape index (κ3) is 41.6. The number of hydrogen-bond donors (Lipinski definition) is 3. The van der Waals surface area contributed by atoms with E-state index in [4.69, 9.17) is 23.6 Å². The van der Waals surface area contributed by atoms with Crippen molar-refractivity contribution < 1.29 is 43.0 Å². The molecule has 55 heavy (non-hydrogen) atoms. The van der Waals surface area contributed by atoms with Crippen molar-refractivity contribution in [3.63, 3.8) is 0 Å². The Morgan fingerprint density at radius 2 is 1.04 bits per heavy atom. The SMILES string of the molecule is CC/C=C\C/C=C\C/C=C\C/C=C\CCCCCCCCCCCOCC(COP(=O)(O)OCC(O)CO)OC(=O)CCCCCCC/C=C\CCCCC. The van der Waals surface area contributed by atoms with E-state index >= 15 is 0 Å². The number of phosphoric acid groups is 1. The molecule has 0 saturated carbocycles. The highest BCUT2D eigenvalue weighted by atomic mass is 31.2. The molecule has 0 heterocycles. The number of carbonyl (C=O) groups is 1. The van der Waals surface area contributed by atoms with Crippen LogP contribution in [0.25, 0.3) is 0 Å². The molecule has 0 radical (unpaired) electrons. The molecule has 320 valence electrons. The van der Waals surface area contributed by atoms with Crippen molar-refractivity contribution in [3.05, 3.63) is 60.8 Å². The minimum Gasteiger partial charge on any atom is -0.457 e. The minimum atomic E-state index is -4.52. The average Bonchev–Trinajstić information content (AvgIpc) is 3.18. The summed E-state index contributed by atoms with van der Waals surface area (Å²) in [5.74, 6) is -0.397. The van der Waals surface area contributed by atoms with Crippen molar-refractivity contribution in [2.45, 2.75) is 187 Å². The number of phosphoric ester groups is 1. The van der Waals surface area contributed by atoms with E-state index in [1.54, 1.807) is 0 Å². The Bertz CT molecular complexity index is 1040. The summed E-state index contributed by atoms with van der Waals surface area (Å²) in [5, 5.41) is 18.3. The highest BCUT2D eigenvalue weighted by molar-refractivity contribution is 7.47. The van der Waals surface area contributed by atoms with E-state index in [-0.39, 0.29) is 19.6 Å². The van der Waals surface area contributed by atoms with E-state index in [1.807, 2.05) is 0 Å². The molecular weight excluding hydrogens is 715 g/mol. The number of allylic oxidation sites excluding steroid dienone is 10. The number of aliphatic hydroxyl groups is 2. The van der Waals surface area contributed by atoms with Crippen LogP contribution in [0.2, 0.25) is 0 Å². The molecule has 0 saturated heterocycles. The molecule has 0 fully saturated rings. The molecule has 0 amide bonds. The summed E-state index contributed by atoms with van der Waals surface area (Å²) in [5.41, 5.74) is 0. The van der Waals surface area contributed by atoms with Crippen LogP contribution in [0.5, 0.6) is 0 Å². The average molecular weight is 797 g/mol. The molecule has 3 atom stereocenters. The molecule has 0 aromatic rings. The van der Waals surface area contributed by atoms with Gasteiger partial charge in [0.15, 0.2) is 0 Å². The van der Waals surface area contributed by atoms with Crippen molar-refractivity contribution in [2.24, 2.45) is 0 Å². The third-order valence-corrected chi connectivity index (χ3v) is 9.89. The Morgan fingerprint density at radius 1 is 0.582 bits per heavy atom. The second kappa shape index (κ2) is 41.8. The highest BCUT2D eigenvalue weighted by Crippen LogP contribution is 2.43. The van der Waals surface area contributed by atoms with Gasteiger partial charge in [-0.15, -0.1) is 0 Å². The van der Waals surface area contributed by atoms with Crippen LogP contribution in [0.4, 0.5) is 0 Å². The number of aliphatic hydroxyl groups excluding tert-OH is 2. The zero-order valence-electron chi connectivity index (χ0n) is 34.9. The molecule has 0 bridgehead atoms. The summed E-state index contributed by atoms with van der Waals surface area (Å²) in [7, 11) is -4.52. The Kier molecular flexibility index (Phi) is 40.4. The van der Waals surface area contributed by atoms with E-state index in [0.717, 1.165) is 83.5 Å². The molecule has 0 aromatic carbocycles. The summed E-state index contributed by atoms with van der Waals surface area (Å²) in [6.45, 7) is 3.35. The van der Waals surface area contributed by atoms with Crippen molar-refractivity contribution in [2.75, 3.05) is 33.0 Å². The molecule has 0 aliphatic rings. The number of ether oxygens (including phenoxy) is 2. The third-order valence-electron chi connectivity index (χ3n) is 8.94. The predicted octanol–water partition coefficient (Wildman–Crippen LogP) is 12.0. The quantitative estimate of drug-likeness (QED) is 0.0239. The Labute approximate surface area is 336 Å². The smallest absolute Gasteiger partial charge is 0.457 e. The van der Waals surface area contributed by atoms with E-state index in [1.165, 1.54) is 64.2 Å². The van der Waals surface area contributed by atoms with E-state index in [2.05, 4.69) is 74.6 Å². The minimum absolute atomic E-state index is 0.0396. The van der Waals surface area contributed by atoms with E-state index in [9.17, 15) is 19.4 Å². The molecule has 0 aliphatic carbocycles. The van der Waals surface area contributed by atoms with Gasteiger partial charge in [0, 0.05) is 13.0 Å². The molecule has 0 spiro atoms. The molecule has 9 nitrogen and oxygen atoms in total. The van der Waals surface area contributed by atoms with E-state index in [0.29, 0.717) is 13.0 Å². The zero-order valence-corrected chi connectivity index (χ0v) is 35.8. The van der Waals surface area contributed by atoms with Gasteiger partial charge in [0.2, 0.25) is 0 Å². The van der Waals surface area contributed by atoms with E-state index < -0.39 is 39.2 Å². The largest absolute Gasteiger partial charge is 0.472 e. The highest BCUT2D eigenvalue weighted by Gasteiger charge is 2.26. The number of unbranched alkanes of at least 4 members (excludes halogenated alkanes) is 17. The molecule has 3 unspecified atom stereocenters. The van der Waals surface area contributed by atoms with Crippen LogP contribution in [0.3, 0.4) is 0 Å². The van der Waals surface area contributed by atoms with Gasteiger partial charge >= 0.3 is 13.8 Å². The molecule has 3 N–H and O–H groups in total. The molecule has 0 aliphatic heterocycles. The van der Waals surface area contributed by atoms with Crippen LogP contribution in [0, 0.1) is 0 Å². The maximum Gasteiger partial charge on any atom is 0.472 e. The van der Waals surface area contributed by atoms with Crippen LogP contribution in [0.1, 0.15) is 174 Å². The molecule has 0 aromatic heterocycles. The molecular formula is C45H81O9P. The van der Waals surface area contributed by atoms with Crippen LogP contribution in [0.15, 0.2) is 60.8 Å². The van der Waals surface area contributed by atoms with Crippen LogP contribution >= 0.6 is 7.82 Å². The molecule has 0 rings (SSSR count). The van der Waals surface area contributed by atoms with Crippen LogP contribution in [-0.4, -0.2) is 66.3 Å². The fourth-order valence-electron chi connectivity index (χ4n) is 5.63. The van der Waals surface area contributed by atoms with Gasteiger partial charge in [-0.1, -0.05) is 152 Å². The van der Waals surface area contributed by atoms with Gasteiger partial charge < -0.3 is 24.6 Å². The van der Waals surface area contributed by atoms with Crippen molar-refractivity contribution in [1.29, 1.82) is 0 Å². The number of carbonyl (C=O) groups excluding carboxylic acids is 1. The fourth-order valence-corrected chi connectivity index (χ4v) is 6.42.